The Kier molecular flexibility index (Phi) is 2.45. The van der Waals surface area contributed by atoms with E-state index in [-0.39, 0.29) is 5.41 Å². The van der Waals surface area contributed by atoms with Crippen LogP contribution in [0.25, 0.3) is 0 Å². The summed E-state index contributed by atoms with van der Waals surface area (Å²) in [6.07, 6.45) is 5.45. The second-order valence-corrected chi connectivity index (χ2v) is 6.86. The molecule has 3 atom stereocenters. The third-order valence-corrected chi connectivity index (χ3v) is 5.31. The van der Waals surface area contributed by atoms with Gasteiger partial charge in [0.1, 0.15) is 0 Å². The molecule has 0 radical (unpaired) electrons. The quantitative estimate of drug-likeness (QED) is 0.804. The van der Waals surface area contributed by atoms with E-state index in [2.05, 4.69) is 31.1 Å². The zero-order chi connectivity index (χ0) is 13.0. The first-order valence-electron chi connectivity index (χ1n) is 6.80. The van der Waals surface area contributed by atoms with E-state index in [4.69, 9.17) is 0 Å². The molecule has 0 aliphatic heterocycles. The predicted octanol–water partition coefficient (Wildman–Crippen LogP) is 3.85. The third kappa shape index (κ3) is 1.63. The average Bonchev–Trinajstić information content (AvgIpc) is 2.76. The fourth-order valence-corrected chi connectivity index (χ4v) is 4.32. The first-order chi connectivity index (χ1) is 8.42. The van der Waals surface area contributed by atoms with Crippen LogP contribution in [0, 0.1) is 22.7 Å². The minimum Gasteiger partial charge on any atom is -0.381 e. The van der Waals surface area contributed by atoms with Crippen molar-refractivity contribution >= 4 is 5.69 Å². The van der Waals surface area contributed by atoms with Gasteiger partial charge in [0.2, 0.25) is 5.95 Å². The van der Waals surface area contributed by atoms with Gasteiger partial charge in [0.25, 0.3) is 0 Å². The maximum absolute atomic E-state index is 13.2. The highest BCUT2D eigenvalue weighted by Gasteiger charge is 2.59. The molecule has 1 aromatic heterocycles. The van der Waals surface area contributed by atoms with Gasteiger partial charge >= 0.3 is 0 Å². The van der Waals surface area contributed by atoms with Gasteiger partial charge in [0.15, 0.2) is 0 Å². The standard InChI is InChI=1S/C15H21FN2/c1-14(2)10-4-6-15(3,9-10)13(14)18-11-5-7-17-12(16)8-11/h5,7-8,10,13H,4,6,9H2,1-3H3,(H,17,18). The Morgan fingerprint density at radius 2 is 2.17 bits per heavy atom. The third-order valence-electron chi connectivity index (χ3n) is 5.31. The van der Waals surface area contributed by atoms with Gasteiger partial charge in [-0.15, -0.1) is 0 Å². The summed E-state index contributed by atoms with van der Waals surface area (Å²) in [5, 5.41) is 3.56. The van der Waals surface area contributed by atoms with Gasteiger partial charge in [-0.05, 0) is 42.1 Å². The molecule has 2 saturated carbocycles. The number of anilines is 1. The number of aromatic nitrogens is 1. The van der Waals surface area contributed by atoms with E-state index in [0.29, 0.717) is 11.5 Å². The Labute approximate surface area is 108 Å². The maximum atomic E-state index is 13.2. The Morgan fingerprint density at radius 1 is 1.39 bits per heavy atom. The van der Waals surface area contributed by atoms with Crippen molar-refractivity contribution in [2.45, 2.75) is 46.1 Å². The van der Waals surface area contributed by atoms with Crippen molar-refractivity contribution in [1.29, 1.82) is 0 Å². The number of halogens is 1. The molecule has 98 valence electrons. The maximum Gasteiger partial charge on any atom is 0.214 e. The van der Waals surface area contributed by atoms with E-state index in [1.807, 2.05) is 6.07 Å². The molecule has 2 aliphatic rings. The molecule has 2 fully saturated rings. The molecular weight excluding hydrogens is 227 g/mol. The topological polar surface area (TPSA) is 24.9 Å². The molecule has 1 heterocycles. The molecule has 3 unspecified atom stereocenters. The van der Waals surface area contributed by atoms with Crippen LogP contribution in [0.2, 0.25) is 0 Å². The van der Waals surface area contributed by atoms with Crippen LogP contribution in [-0.4, -0.2) is 11.0 Å². The molecule has 0 aromatic carbocycles. The van der Waals surface area contributed by atoms with Crippen molar-refractivity contribution in [3.8, 4) is 0 Å². The van der Waals surface area contributed by atoms with Crippen LogP contribution >= 0.6 is 0 Å². The number of pyridine rings is 1. The average molecular weight is 248 g/mol. The van der Waals surface area contributed by atoms with Gasteiger partial charge in [-0.3, -0.25) is 0 Å². The molecule has 1 N–H and O–H groups in total. The number of nitrogens with one attached hydrogen (secondary N) is 1. The van der Waals surface area contributed by atoms with Gasteiger partial charge in [-0.1, -0.05) is 20.8 Å². The monoisotopic (exact) mass is 248 g/mol. The van der Waals surface area contributed by atoms with E-state index >= 15 is 0 Å². The van der Waals surface area contributed by atoms with Crippen LogP contribution in [0.3, 0.4) is 0 Å². The zero-order valence-corrected chi connectivity index (χ0v) is 11.3. The summed E-state index contributed by atoms with van der Waals surface area (Å²) in [7, 11) is 0. The lowest BCUT2D eigenvalue weighted by molar-refractivity contribution is 0.155. The van der Waals surface area contributed by atoms with Crippen LogP contribution in [0.15, 0.2) is 18.3 Å². The van der Waals surface area contributed by atoms with Gasteiger partial charge in [0, 0.05) is 24.0 Å². The minimum atomic E-state index is -0.411. The molecule has 2 bridgehead atoms. The van der Waals surface area contributed by atoms with Crippen molar-refractivity contribution < 1.29 is 4.39 Å². The van der Waals surface area contributed by atoms with E-state index in [1.165, 1.54) is 31.5 Å². The van der Waals surface area contributed by atoms with Gasteiger partial charge < -0.3 is 5.32 Å². The number of rotatable bonds is 2. The Bertz CT molecular complexity index is 467. The molecule has 3 rings (SSSR count). The van der Waals surface area contributed by atoms with Crippen LogP contribution in [0.1, 0.15) is 40.0 Å². The highest BCUT2D eigenvalue weighted by Crippen LogP contribution is 2.63. The lowest BCUT2D eigenvalue weighted by Crippen LogP contribution is -2.45. The summed E-state index contributed by atoms with van der Waals surface area (Å²) in [6.45, 7) is 7.06. The van der Waals surface area contributed by atoms with E-state index in [1.54, 1.807) is 0 Å². The summed E-state index contributed by atoms with van der Waals surface area (Å²) in [6, 6.07) is 3.77. The first-order valence-corrected chi connectivity index (χ1v) is 6.80. The van der Waals surface area contributed by atoms with E-state index < -0.39 is 5.95 Å². The number of hydrogen-bond acceptors (Lipinski definition) is 2. The Morgan fingerprint density at radius 3 is 2.78 bits per heavy atom. The second-order valence-electron chi connectivity index (χ2n) is 6.86. The molecule has 18 heavy (non-hydrogen) atoms. The number of nitrogens with zero attached hydrogens (tertiary/aromatic N) is 1. The SMILES string of the molecule is CC12CCC(C1)C(C)(C)C2Nc1ccnc(F)c1. The van der Waals surface area contributed by atoms with Crippen molar-refractivity contribution in [2.24, 2.45) is 16.7 Å². The highest BCUT2D eigenvalue weighted by atomic mass is 19.1. The fraction of sp³-hybridized carbons (Fsp3) is 0.667. The molecule has 2 nitrogen and oxygen atoms in total. The normalized spacial score (nSPS) is 36.9. The molecular formula is C15H21FN2. The smallest absolute Gasteiger partial charge is 0.214 e. The zero-order valence-electron chi connectivity index (χ0n) is 11.3. The predicted molar refractivity (Wildman–Crippen MR) is 70.8 cm³/mol. The molecule has 0 amide bonds. The summed E-state index contributed by atoms with van der Waals surface area (Å²) >= 11 is 0. The number of hydrogen-bond donors (Lipinski definition) is 1. The van der Waals surface area contributed by atoms with Crippen molar-refractivity contribution in [1.82, 2.24) is 4.98 Å². The molecule has 1 aromatic rings. The second kappa shape index (κ2) is 3.69. The van der Waals surface area contributed by atoms with Crippen molar-refractivity contribution in [2.75, 3.05) is 5.32 Å². The Balaban J connectivity index is 1.88. The summed E-state index contributed by atoms with van der Waals surface area (Å²) in [5.41, 5.74) is 1.50. The number of fused-ring (bicyclic) bond motifs is 2. The Hall–Kier alpha value is -1.12. The molecule has 0 saturated heterocycles. The van der Waals surface area contributed by atoms with E-state index in [9.17, 15) is 4.39 Å². The summed E-state index contributed by atoms with van der Waals surface area (Å²) in [4.78, 5) is 3.61. The minimum absolute atomic E-state index is 0.284. The molecule has 3 heteroatoms. The van der Waals surface area contributed by atoms with Gasteiger partial charge in [0.05, 0.1) is 0 Å². The van der Waals surface area contributed by atoms with Gasteiger partial charge in [-0.2, -0.15) is 4.39 Å². The summed E-state index contributed by atoms with van der Waals surface area (Å²) < 4.78 is 13.2. The summed E-state index contributed by atoms with van der Waals surface area (Å²) in [5.74, 6) is 0.387. The van der Waals surface area contributed by atoms with Crippen molar-refractivity contribution in [3.63, 3.8) is 0 Å². The van der Waals surface area contributed by atoms with Crippen LogP contribution in [-0.2, 0) is 0 Å². The highest BCUT2D eigenvalue weighted by molar-refractivity contribution is 5.44. The van der Waals surface area contributed by atoms with Crippen LogP contribution < -0.4 is 5.32 Å². The van der Waals surface area contributed by atoms with Crippen LogP contribution in [0.4, 0.5) is 10.1 Å². The first kappa shape index (κ1) is 11.9. The molecule has 2 aliphatic carbocycles. The van der Waals surface area contributed by atoms with E-state index in [0.717, 1.165) is 11.6 Å². The lowest BCUT2D eigenvalue weighted by Gasteiger charge is -2.43. The van der Waals surface area contributed by atoms with Crippen molar-refractivity contribution in [3.05, 3.63) is 24.3 Å². The molecule has 0 spiro atoms. The fourth-order valence-electron chi connectivity index (χ4n) is 4.32. The lowest BCUT2D eigenvalue weighted by atomic mass is 9.68. The van der Waals surface area contributed by atoms with Gasteiger partial charge in [-0.25, -0.2) is 4.98 Å². The largest absolute Gasteiger partial charge is 0.381 e. The van der Waals surface area contributed by atoms with Crippen LogP contribution in [0.5, 0.6) is 0 Å².